The minimum absolute atomic E-state index is 0.0296. The summed E-state index contributed by atoms with van der Waals surface area (Å²) in [5.41, 5.74) is 0.884. The van der Waals surface area contributed by atoms with Crippen molar-refractivity contribution < 1.29 is 37.8 Å². The fraction of sp³-hybridized carbons (Fsp3) is 0.667. The molecule has 1 aromatic rings. The molecule has 0 bridgehead atoms. The molecule has 1 saturated carbocycles. The lowest BCUT2D eigenvalue weighted by Crippen LogP contribution is -2.43. The highest BCUT2D eigenvalue weighted by Gasteiger charge is 2.33. The number of nitrogens with zero attached hydrogens (tertiary/aromatic N) is 3. The van der Waals surface area contributed by atoms with Gasteiger partial charge in [0.05, 0.1) is 31.6 Å². The van der Waals surface area contributed by atoms with Crippen LogP contribution in [-0.4, -0.2) is 108 Å². The molecule has 39 heavy (non-hydrogen) atoms. The number of ether oxygens (including phenoxy) is 1. The molecular weight excluding hydrogens is 550 g/mol. The van der Waals surface area contributed by atoms with Gasteiger partial charge in [-0.15, -0.1) is 0 Å². The summed E-state index contributed by atoms with van der Waals surface area (Å²) in [6.45, 7) is 5.00. The second kappa shape index (κ2) is 18.0. The summed E-state index contributed by atoms with van der Waals surface area (Å²) in [5, 5.41) is 21.6. The summed E-state index contributed by atoms with van der Waals surface area (Å²) < 4.78 is 32.8. The first-order valence-corrected chi connectivity index (χ1v) is 15.1. The number of carboxylic acid groups (broad SMARTS) is 2. The number of aromatic nitrogens is 1. The molecule has 4 N–H and O–H groups in total. The lowest BCUT2D eigenvalue weighted by atomic mass is 10.2. The monoisotopic (exact) mass is 589 g/mol. The maximum absolute atomic E-state index is 13.1. The van der Waals surface area contributed by atoms with Crippen LogP contribution in [0.25, 0.3) is 0 Å². The predicted molar refractivity (Wildman–Crippen MR) is 149 cm³/mol. The van der Waals surface area contributed by atoms with Gasteiger partial charge in [-0.3, -0.25) is 14.7 Å². The molecule has 1 saturated heterocycles. The van der Waals surface area contributed by atoms with Gasteiger partial charge in [-0.1, -0.05) is 23.7 Å². The fourth-order valence-corrected chi connectivity index (χ4v) is 5.97. The van der Waals surface area contributed by atoms with Crippen molar-refractivity contribution in [1.29, 1.82) is 0 Å². The average molecular weight is 590 g/mol. The van der Waals surface area contributed by atoms with E-state index in [1.807, 2.05) is 12.1 Å². The Balaban J connectivity index is 0.000000798. The number of carbonyl (C=O) groups is 2. The van der Waals surface area contributed by atoms with Gasteiger partial charge in [0.25, 0.3) is 0 Å². The Kier molecular flexibility index (Phi) is 15.1. The number of aliphatic carboxylic acids is 2. The average Bonchev–Trinajstić information content (AvgIpc) is 3.44. The molecule has 220 valence electrons. The molecule has 2 fully saturated rings. The molecule has 0 amide bonds. The Bertz CT molecular complexity index is 975. The van der Waals surface area contributed by atoms with Gasteiger partial charge in [0.2, 0.25) is 10.0 Å². The number of hydroxylamine groups is 1. The number of rotatable bonds is 13. The molecule has 13 nitrogen and oxygen atoms in total. The highest BCUT2D eigenvalue weighted by atomic mass is 32.2. The molecule has 15 heteroatoms. The van der Waals surface area contributed by atoms with Crippen LogP contribution in [0.15, 0.2) is 24.5 Å². The largest absolute Gasteiger partial charge is 0.473 e. The number of pyridine rings is 1. The number of anilines is 1. The number of nitrogens with one attached hydrogen (secondary N) is 2. The van der Waals surface area contributed by atoms with E-state index in [-0.39, 0.29) is 11.8 Å². The summed E-state index contributed by atoms with van der Waals surface area (Å²) in [4.78, 5) is 30.3. The second-order valence-electron chi connectivity index (χ2n) is 9.08. The zero-order valence-electron chi connectivity index (χ0n) is 22.0. The first kappa shape index (κ1) is 32.8. The van der Waals surface area contributed by atoms with E-state index >= 15 is 0 Å². The third-order valence-corrected chi connectivity index (χ3v) is 8.12. The van der Waals surface area contributed by atoms with Crippen LogP contribution in [0.3, 0.4) is 0 Å². The highest BCUT2D eigenvalue weighted by molar-refractivity contribution is 7.88. The number of sulfonamides is 1. The van der Waals surface area contributed by atoms with Gasteiger partial charge in [0.1, 0.15) is 0 Å². The van der Waals surface area contributed by atoms with Gasteiger partial charge in [0.15, 0.2) is 5.11 Å². The van der Waals surface area contributed by atoms with Gasteiger partial charge in [-0.2, -0.15) is 0 Å². The number of thiocarbonyl (C=S) groups is 1. The van der Waals surface area contributed by atoms with Crippen molar-refractivity contribution in [3.8, 4) is 0 Å². The van der Waals surface area contributed by atoms with Crippen LogP contribution < -0.4 is 10.6 Å². The van der Waals surface area contributed by atoms with Crippen molar-refractivity contribution in [2.75, 3.05) is 57.1 Å². The van der Waals surface area contributed by atoms with E-state index in [1.54, 1.807) is 12.4 Å². The third-order valence-electron chi connectivity index (χ3n) is 6.11. The lowest BCUT2D eigenvalue weighted by Gasteiger charge is -2.30. The van der Waals surface area contributed by atoms with Gasteiger partial charge in [-0.25, -0.2) is 18.0 Å². The van der Waals surface area contributed by atoms with Crippen LogP contribution in [0.2, 0.25) is 0 Å². The van der Waals surface area contributed by atoms with Crippen molar-refractivity contribution in [3.63, 3.8) is 0 Å². The standard InChI is InChI=1S/C22H37N5O4S2.C2H2O4/c28-33(29,19-5-1-4-10-24-22(32)25-20-8-11-23-12-9-20)27(21-6-2-3-7-21)31-18-15-26-13-16-30-17-14-26;3-1(4)2(5)6/h8-9,11-12,21H,1-7,10,13-19H2,(H2,23,24,25,32);(H,3,4)(H,5,6). The zero-order valence-corrected chi connectivity index (χ0v) is 23.6. The molecule has 1 aromatic heterocycles. The second-order valence-corrected chi connectivity index (χ2v) is 11.4. The summed E-state index contributed by atoms with van der Waals surface area (Å²) in [6.07, 6.45) is 9.52. The Morgan fingerprint density at radius 3 is 2.36 bits per heavy atom. The smallest absolute Gasteiger partial charge is 0.414 e. The molecule has 1 aliphatic heterocycles. The third kappa shape index (κ3) is 13.5. The number of morpholine rings is 1. The van der Waals surface area contributed by atoms with Crippen LogP contribution in [0.1, 0.15) is 44.9 Å². The summed E-state index contributed by atoms with van der Waals surface area (Å²) in [5.74, 6) is -3.54. The predicted octanol–water partition coefficient (Wildman–Crippen LogP) is 1.53. The number of carboxylic acids is 2. The first-order chi connectivity index (χ1) is 18.7. The van der Waals surface area contributed by atoms with Crippen molar-refractivity contribution in [3.05, 3.63) is 24.5 Å². The van der Waals surface area contributed by atoms with Crippen LogP contribution >= 0.6 is 12.2 Å². The van der Waals surface area contributed by atoms with E-state index in [0.717, 1.165) is 77.1 Å². The molecule has 2 aliphatic rings. The van der Waals surface area contributed by atoms with Crippen molar-refractivity contribution >= 4 is 45.0 Å². The first-order valence-electron chi connectivity index (χ1n) is 13.1. The highest BCUT2D eigenvalue weighted by Crippen LogP contribution is 2.26. The summed E-state index contributed by atoms with van der Waals surface area (Å²) in [7, 11) is -3.45. The zero-order chi connectivity index (χ0) is 28.5. The topological polar surface area (TPSA) is 171 Å². The van der Waals surface area contributed by atoms with Crippen LogP contribution in [-0.2, 0) is 29.2 Å². The van der Waals surface area contributed by atoms with Crippen LogP contribution in [0, 0.1) is 0 Å². The van der Waals surface area contributed by atoms with Crippen LogP contribution in [0.5, 0.6) is 0 Å². The summed E-state index contributed by atoms with van der Waals surface area (Å²) in [6, 6.07) is 3.66. The number of hydrogen-bond donors (Lipinski definition) is 4. The molecule has 0 spiro atoms. The van der Waals surface area contributed by atoms with Crippen molar-refractivity contribution in [2.24, 2.45) is 0 Å². The fourth-order valence-electron chi connectivity index (χ4n) is 4.10. The van der Waals surface area contributed by atoms with E-state index in [2.05, 4.69) is 20.5 Å². The van der Waals surface area contributed by atoms with Crippen LogP contribution in [0.4, 0.5) is 5.69 Å². The quantitative estimate of drug-likeness (QED) is 0.113. The van der Waals surface area contributed by atoms with E-state index in [1.165, 1.54) is 4.47 Å². The summed E-state index contributed by atoms with van der Waals surface area (Å²) >= 11 is 5.28. The van der Waals surface area contributed by atoms with Crippen molar-refractivity contribution in [2.45, 2.75) is 51.0 Å². The van der Waals surface area contributed by atoms with Crippen molar-refractivity contribution in [1.82, 2.24) is 19.7 Å². The molecule has 3 rings (SSSR count). The van der Waals surface area contributed by atoms with E-state index in [0.29, 0.717) is 24.7 Å². The Labute approximate surface area is 234 Å². The van der Waals surface area contributed by atoms with Gasteiger partial charge in [0, 0.05) is 44.3 Å². The van der Waals surface area contributed by atoms with E-state index in [9.17, 15) is 8.42 Å². The molecule has 0 unspecified atom stereocenters. The molecule has 0 atom stereocenters. The molecular formula is C24H39N5O8S2. The minimum Gasteiger partial charge on any atom is -0.473 e. The Morgan fingerprint density at radius 2 is 1.74 bits per heavy atom. The Hall–Kier alpha value is -2.43. The van der Waals surface area contributed by atoms with Gasteiger partial charge < -0.3 is 25.6 Å². The van der Waals surface area contributed by atoms with E-state index in [4.69, 9.17) is 41.6 Å². The molecule has 0 aromatic carbocycles. The Morgan fingerprint density at radius 1 is 1.10 bits per heavy atom. The maximum Gasteiger partial charge on any atom is 0.414 e. The lowest BCUT2D eigenvalue weighted by molar-refractivity contribution is -0.159. The molecule has 2 heterocycles. The number of unbranched alkanes of at least 4 members (excludes halogenated alkanes) is 2. The van der Waals surface area contributed by atoms with E-state index < -0.39 is 22.0 Å². The minimum atomic E-state index is -3.45. The SMILES string of the molecule is O=C(O)C(=O)O.O=S(=O)(CCCCCNC(=S)Nc1ccncc1)N(OCCN1CCOCC1)C1CCCC1. The normalized spacial score (nSPS) is 16.3. The number of hydrogen-bond acceptors (Lipinski definition) is 9. The molecule has 0 radical (unpaired) electrons. The molecule has 1 aliphatic carbocycles. The maximum atomic E-state index is 13.1. The van der Waals surface area contributed by atoms with Gasteiger partial charge in [-0.05, 0) is 50.0 Å². The van der Waals surface area contributed by atoms with Gasteiger partial charge >= 0.3 is 11.9 Å².